The fourth-order valence-electron chi connectivity index (χ4n) is 4.51. The molecule has 3 N–H and O–H groups in total. The van der Waals surface area contributed by atoms with Gasteiger partial charge in [-0.3, -0.25) is 18.7 Å². The molecular formula is C24H26N8O4. The van der Waals surface area contributed by atoms with E-state index in [1.54, 1.807) is 42.8 Å². The number of nitrogens with one attached hydrogen (secondary N) is 1. The summed E-state index contributed by atoms with van der Waals surface area (Å²) < 4.78 is 9.87. The Bertz CT molecular complexity index is 1570. The zero-order valence-corrected chi connectivity index (χ0v) is 20.0. The number of nitrogens with zero attached hydrogens (tertiary/aromatic N) is 6. The third kappa shape index (κ3) is 4.03. The number of ether oxygens (including phenoxy) is 1. The van der Waals surface area contributed by atoms with E-state index >= 15 is 0 Å². The molecule has 2 aromatic heterocycles. The number of piperidine rings is 1. The predicted octanol–water partition coefficient (Wildman–Crippen LogP) is -0.0166. The van der Waals surface area contributed by atoms with Crippen molar-refractivity contribution in [3.05, 3.63) is 50.7 Å². The van der Waals surface area contributed by atoms with Crippen LogP contribution in [0.2, 0.25) is 0 Å². The Kier molecular flexibility index (Phi) is 6.07. The number of benzene rings is 1. The summed E-state index contributed by atoms with van der Waals surface area (Å²) in [4.78, 5) is 46.0. The molecule has 36 heavy (non-hydrogen) atoms. The number of rotatable bonds is 4. The van der Waals surface area contributed by atoms with Crippen LogP contribution in [-0.2, 0) is 20.1 Å². The van der Waals surface area contributed by atoms with E-state index in [1.807, 2.05) is 4.90 Å². The van der Waals surface area contributed by atoms with Crippen molar-refractivity contribution in [2.75, 3.05) is 18.0 Å². The van der Waals surface area contributed by atoms with Crippen molar-refractivity contribution in [2.45, 2.75) is 38.9 Å². The van der Waals surface area contributed by atoms with E-state index < -0.39 is 17.2 Å². The summed E-state index contributed by atoms with van der Waals surface area (Å²) in [5.41, 5.74) is 8.25. The van der Waals surface area contributed by atoms with E-state index in [4.69, 9.17) is 10.5 Å². The summed E-state index contributed by atoms with van der Waals surface area (Å²) in [5, 5.41) is 3.99. The largest absolute Gasteiger partial charge is 0.439 e. The molecule has 1 amide bonds. The van der Waals surface area contributed by atoms with Gasteiger partial charge < -0.3 is 15.4 Å². The van der Waals surface area contributed by atoms with E-state index in [1.165, 1.54) is 4.57 Å². The Balaban J connectivity index is 1.63. The van der Waals surface area contributed by atoms with Crippen LogP contribution in [0.1, 0.15) is 30.1 Å². The molecule has 1 unspecified atom stereocenters. The number of carbonyl (C=O) groups is 1. The van der Waals surface area contributed by atoms with E-state index in [0.717, 1.165) is 24.0 Å². The van der Waals surface area contributed by atoms with Gasteiger partial charge in [0.1, 0.15) is 12.3 Å². The van der Waals surface area contributed by atoms with Crippen LogP contribution < -0.4 is 32.0 Å². The van der Waals surface area contributed by atoms with Gasteiger partial charge in [0, 0.05) is 26.2 Å². The number of imidazole rings is 1. The van der Waals surface area contributed by atoms with Crippen molar-refractivity contribution in [1.82, 2.24) is 24.1 Å². The lowest BCUT2D eigenvalue weighted by molar-refractivity contribution is 0.0955. The molecule has 0 bridgehead atoms. The molecule has 2 aliphatic heterocycles. The van der Waals surface area contributed by atoms with Crippen molar-refractivity contribution in [1.29, 1.82) is 0 Å². The van der Waals surface area contributed by atoms with Gasteiger partial charge >= 0.3 is 5.69 Å². The van der Waals surface area contributed by atoms with Gasteiger partial charge in [0.15, 0.2) is 11.2 Å². The lowest BCUT2D eigenvalue weighted by atomic mass is 10.1. The molecule has 5 rings (SSSR count). The van der Waals surface area contributed by atoms with Gasteiger partial charge in [-0.25, -0.2) is 14.8 Å². The van der Waals surface area contributed by atoms with Crippen molar-refractivity contribution in [3.8, 4) is 17.6 Å². The third-order valence-corrected chi connectivity index (χ3v) is 6.30. The van der Waals surface area contributed by atoms with Crippen LogP contribution in [0, 0.1) is 11.8 Å². The molecule has 12 heteroatoms. The SMILES string of the molecule is CC#CCn1c(N2CCCC(N)C2)nc2c1c(=O)n(CC1=NNC(=O)c3ccccc3O1)c(=O)n2C. The number of fused-ring (bicyclic) bond motifs is 2. The first-order chi connectivity index (χ1) is 17.4. The minimum absolute atomic E-state index is 0.00603. The van der Waals surface area contributed by atoms with Gasteiger partial charge in [-0.15, -0.1) is 11.0 Å². The Morgan fingerprint density at radius 2 is 2.03 bits per heavy atom. The van der Waals surface area contributed by atoms with Gasteiger partial charge in [-0.05, 0) is 31.9 Å². The average Bonchev–Trinajstić information content (AvgIpc) is 3.18. The highest BCUT2D eigenvalue weighted by Gasteiger charge is 2.27. The molecule has 1 fully saturated rings. The van der Waals surface area contributed by atoms with Gasteiger partial charge in [0.05, 0.1) is 12.1 Å². The van der Waals surface area contributed by atoms with Crippen molar-refractivity contribution in [3.63, 3.8) is 0 Å². The number of carbonyl (C=O) groups excluding carboxylic acids is 1. The lowest BCUT2D eigenvalue weighted by Gasteiger charge is -2.31. The predicted molar refractivity (Wildman–Crippen MR) is 134 cm³/mol. The summed E-state index contributed by atoms with van der Waals surface area (Å²) in [6.45, 7) is 2.99. The van der Waals surface area contributed by atoms with E-state index in [-0.39, 0.29) is 41.9 Å². The number of amides is 1. The Morgan fingerprint density at radius 1 is 1.22 bits per heavy atom. The number of para-hydroxylation sites is 1. The molecule has 0 aliphatic carbocycles. The van der Waals surface area contributed by atoms with Gasteiger partial charge in [0.2, 0.25) is 11.8 Å². The highest BCUT2D eigenvalue weighted by molar-refractivity contribution is 5.99. The van der Waals surface area contributed by atoms with Gasteiger partial charge in [-0.2, -0.15) is 4.98 Å². The van der Waals surface area contributed by atoms with Crippen molar-refractivity contribution in [2.24, 2.45) is 17.9 Å². The number of anilines is 1. The minimum Gasteiger partial charge on any atom is -0.439 e. The molecule has 4 heterocycles. The second-order valence-electron chi connectivity index (χ2n) is 8.72. The molecule has 0 spiro atoms. The first kappa shape index (κ1) is 23.4. The molecule has 3 aromatic rings. The Hall–Kier alpha value is -4.37. The molecule has 2 aliphatic rings. The van der Waals surface area contributed by atoms with Crippen LogP contribution in [-0.4, -0.2) is 49.6 Å². The second kappa shape index (κ2) is 9.35. The summed E-state index contributed by atoms with van der Waals surface area (Å²) in [6, 6.07) is 6.63. The van der Waals surface area contributed by atoms with Crippen LogP contribution in [0.15, 0.2) is 39.0 Å². The fraction of sp³-hybridized carbons (Fsp3) is 0.375. The molecule has 12 nitrogen and oxygen atoms in total. The average molecular weight is 491 g/mol. The first-order valence-electron chi connectivity index (χ1n) is 11.6. The van der Waals surface area contributed by atoms with Gasteiger partial charge in [0.25, 0.3) is 11.5 Å². The van der Waals surface area contributed by atoms with Crippen LogP contribution in [0.5, 0.6) is 5.75 Å². The maximum Gasteiger partial charge on any atom is 0.332 e. The van der Waals surface area contributed by atoms with Crippen LogP contribution in [0.3, 0.4) is 0 Å². The molecule has 1 saturated heterocycles. The monoisotopic (exact) mass is 490 g/mol. The van der Waals surface area contributed by atoms with E-state index in [2.05, 4.69) is 27.4 Å². The van der Waals surface area contributed by atoms with Crippen LogP contribution >= 0.6 is 0 Å². The lowest BCUT2D eigenvalue weighted by Crippen LogP contribution is -2.44. The molecule has 1 atom stereocenters. The molecule has 0 radical (unpaired) electrons. The van der Waals surface area contributed by atoms with Crippen LogP contribution in [0.4, 0.5) is 5.95 Å². The molecule has 186 valence electrons. The third-order valence-electron chi connectivity index (χ3n) is 6.30. The topological polar surface area (TPSA) is 142 Å². The summed E-state index contributed by atoms with van der Waals surface area (Å²) in [5.74, 6) is 6.24. The molecule has 0 saturated carbocycles. The minimum atomic E-state index is -0.587. The zero-order chi connectivity index (χ0) is 25.4. The Morgan fingerprint density at radius 3 is 2.81 bits per heavy atom. The standard InChI is InChI=1S/C24H26N8O4/c1-3-4-12-31-19-20(26-23(31)30-11-7-8-15(25)13-30)29(2)24(35)32(22(19)34)14-18-27-28-21(33)16-9-5-6-10-17(16)36-18/h5-6,9-10,15H,7-8,11-14,25H2,1-2H3,(H,28,33). The quantitative estimate of drug-likeness (QED) is 0.490. The maximum absolute atomic E-state index is 13.7. The maximum atomic E-state index is 13.7. The van der Waals surface area contributed by atoms with Crippen molar-refractivity contribution >= 4 is 28.9 Å². The molecule has 1 aromatic carbocycles. The summed E-state index contributed by atoms with van der Waals surface area (Å²) >= 11 is 0. The highest BCUT2D eigenvalue weighted by Crippen LogP contribution is 2.23. The number of nitrogens with two attached hydrogens (primary N) is 1. The number of aromatic nitrogens is 4. The zero-order valence-electron chi connectivity index (χ0n) is 20.0. The van der Waals surface area contributed by atoms with Crippen LogP contribution in [0.25, 0.3) is 11.2 Å². The smallest absolute Gasteiger partial charge is 0.332 e. The first-order valence-corrected chi connectivity index (χ1v) is 11.6. The van der Waals surface area contributed by atoms with E-state index in [9.17, 15) is 14.4 Å². The van der Waals surface area contributed by atoms with Gasteiger partial charge in [-0.1, -0.05) is 18.1 Å². The fourth-order valence-corrected chi connectivity index (χ4v) is 4.51. The van der Waals surface area contributed by atoms with E-state index in [0.29, 0.717) is 18.1 Å². The molecular weight excluding hydrogens is 464 g/mol. The number of hydrogen-bond acceptors (Lipinski definition) is 8. The normalized spacial score (nSPS) is 17.4. The highest BCUT2D eigenvalue weighted by atomic mass is 16.5. The second-order valence-corrected chi connectivity index (χ2v) is 8.72. The summed E-state index contributed by atoms with van der Waals surface area (Å²) in [7, 11) is 1.56. The number of hydrogen-bond donors (Lipinski definition) is 2. The number of hydrazone groups is 1. The number of aryl methyl sites for hydroxylation is 1. The Labute approximate surface area is 206 Å². The summed E-state index contributed by atoms with van der Waals surface area (Å²) in [6.07, 6.45) is 1.82. The van der Waals surface area contributed by atoms with Crippen molar-refractivity contribution < 1.29 is 9.53 Å².